The van der Waals surface area contributed by atoms with Crippen LogP contribution in [0.5, 0.6) is 0 Å². The Kier molecular flexibility index (Phi) is 6.30. The lowest BCUT2D eigenvalue weighted by molar-refractivity contribution is -0.140. The van der Waals surface area contributed by atoms with Crippen LogP contribution < -0.4 is 5.32 Å². The molecule has 1 N–H and O–H groups in total. The van der Waals surface area contributed by atoms with Crippen molar-refractivity contribution >= 4 is 22.4 Å². The fourth-order valence-electron chi connectivity index (χ4n) is 2.60. The molecule has 1 heterocycles. The molecule has 5 heteroatoms. The smallest absolute Gasteiger partial charge is 0.305 e. The molecular formula is C15H24N2O2S. The van der Waals surface area contributed by atoms with Gasteiger partial charge >= 0.3 is 5.97 Å². The molecule has 0 aliphatic heterocycles. The summed E-state index contributed by atoms with van der Waals surface area (Å²) in [6, 6.07) is 0.565. The molecule has 0 atom stereocenters. The first-order valence-electron chi connectivity index (χ1n) is 7.55. The van der Waals surface area contributed by atoms with E-state index in [1.165, 1.54) is 52.1 Å². The van der Waals surface area contributed by atoms with Crippen LogP contribution in [0, 0.1) is 0 Å². The quantitative estimate of drug-likeness (QED) is 0.840. The highest BCUT2D eigenvalue weighted by atomic mass is 32.1. The normalized spacial score (nSPS) is 17.2. The first-order chi connectivity index (χ1) is 9.78. The van der Waals surface area contributed by atoms with Gasteiger partial charge in [-0.15, -0.1) is 11.3 Å². The Balaban J connectivity index is 1.80. The molecule has 0 amide bonds. The van der Waals surface area contributed by atoms with Gasteiger partial charge in [-0.2, -0.15) is 0 Å². The minimum Gasteiger partial charge on any atom is -0.469 e. The third-order valence-electron chi connectivity index (χ3n) is 3.80. The van der Waals surface area contributed by atoms with E-state index >= 15 is 0 Å². The molecule has 1 aromatic rings. The fourth-order valence-corrected chi connectivity index (χ4v) is 3.42. The molecular weight excluding hydrogens is 272 g/mol. The molecule has 20 heavy (non-hydrogen) atoms. The van der Waals surface area contributed by atoms with Gasteiger partial charge in [-0.25, -0.2) is 4.98 Å². The van der Waals surface area contributed by atoms with Crippen molar-refractivity contribution in [2.75, 3.05) is 12.4 Å². The number of rotatable bonds is 5. The second-order valence-corrected chi connectivity index (χ2v) is 6.26. The van der Waals surface area contributed by atoms with E-state index in [1.54, 1.807) is 11.3 Å². The summed E-state index contributed by atoms with van der Waals surface area (Å²) in [5.74, 6) is -0.174. The van der Waals surface area contributed by atoms with Crippen LogP contribution in [0.1, 0.15) is 57.1 Å². The highest BCUT2D eigenvalue weighted by Gasteiger charge is 2.13. The average molecular weight is 296 g/mol. The van der Waals surface area contributed by atoms with E-state index in [1.807, 2.05) is 5.38 Å². The lowest BCUT2D eigenvalue weighted by Gasteiger charge is -2.20. The summed E-state index contributed by atoms with van der Waals surface area (Å²) in [4.78, 5) is 15.7. The number of anilines is 1. The van der Waals surface area contributed by atoms with E-state index in [0.717, 1.165) is 10.8 Å². The fraction of sp³-hybridized carbons (Fsp3) is 0.733. The summed E-state index contributed by atoms with van der Waals surface area (Å²) in [5, 5.41) is 6.59. The summed E-state index contributed by atoms with van der Waals surface area (Å²) < 4.78 is 4.65. The zero-order chi connectivity index (χ0) is 14.2. The van der Waals surface area contributed by atoms with Crippen LogP contribution in [-0.4, -0.2) is 24.1 Å². The van der Waals surface area contributed by atoms with Crippen LogP contribution in [-0.2, 0) is 16.0 Å². The number of methoxy groups -OCH3 is 1. The van der Waals surface area contributed by atoms with Crippen LogP contribution in [0.2, 0.25) is 0 Å². The van der Waals surface area contributed by atoms with Gasteiger partial charge in [0.05, 0.1) is 19.2 Å². The highest BCUT2D eigenvalue weighted by Crippen LogP contribution is 2.23. The Labute approximate surface area is 124 Å². The SMILES string of the molecule is COC(=O)CCc1csc(NC2CCCCCCC2)n1. The molecule has 0 aromatic carbocycles. The molecule has 1 aliphatic rings. The van der Waals surface area contributed by atoms with E-state index in [0.29, 0.717) is 18.9 Å². The Morgan fingerprint density at radius 3 is 2.75 bits per heavy atom. The molecule has 1 aliphatic carbocycles. The maximum absolute atomic E-state index is 11.1. The van der Waals surface area contributed by atoms with Gasteiger partial charge < -0.3 is 10.1 Å². The molecule has 0 radical (unpaired) electrons. The second-order valence-electron chi connectivity index (χ2n) is 5.41. The second kappa shape index (κ2) is 8.25. The minimum atomic E-state index is -0.174. The maximum atomic E-state index is 11.1. The summed E-state index contributed by atoms with van der Waals surface area (Å²) in [5.41, 5.74) is 0.980. The predicted molar refractivity (Wildman–Crippen MR) is 82.2 cm³/mol. The number of carbonyl (C=O) groups excluding carboxylic acids is 1. The van der Waals surface area contributed by atoms with Gasteiger partial charge in [-0.3, -0.25) is 4.79 Å². The number of carbonyl (C=O) groups is 1. The van der Waals surface area contributed by atoms with Crippen LogP contribution >= 0.6 is 11.3 Å². The Morgan fingerprint density at radius 2 is 2.05 bits per heavy atom. The number of ether oxygens (including phenoxy) is 1. The van der Waals surface area contributed by atoms with Crippen LogP contribution in [0.3, 0.4) is 0 Å². The van der Waals surface area contributed by atoms with Gasteiger partial charge in [0.1, 0.15) is 0 Å². The molecule has 0 unspecified atom stereocenters. The van der Waals surface area contributed by atoms with Crippen molar-refractivity contribution in [3.8, 4) is 0 Å². The molecule has 4 nitrogen and oxygen atoms in total. The molecule has 1 fully saturated rings. The number of hydrogen-bond donors (Lipinski definition) is 1. The van der Waals surface area contributed by atoms with E-state index < -0.39 is 0 Å². The van der Waals surface area contributed by atoms with Gasteiger partial charge in [0, 0.05) is 17.8 Å². The van der Waals surface area contributed by atoms with Crippen LogP contribution in [0.15, 0.2) is 5.38 Å². The molecule has 112 valence electrons. The van der Waals surface area contributed by atoms with E-state index in [2.05, 4.69) is 15.0 Å². The lowest BCUT2D eigenvalue weighted by atomic mass is 9.97. The van der Waals surface area contributed by atoms with Crippen molar-refractivity contribution in [2.45, 2.75) is 63.8 Å². The number of hydrogen-bond acceptors (Lipinski definition) is 5. The summed E-state index contributed by atoms with van der Waals surface area (Å²) in [6.07, 6.45) is 10.3. The number of nitrogens with one attached hydrogen (secondary N) is 1. The molecule has 0 bridgehead atoms. The summed E-state index contributed by atoms with van der Waals surface area (Å²) >= 11 is 1.64. The van der Waals surface area contributed by atoms with Gasteiger partial charge in [0.2, 0.25) is 0 Å². The lowest BCUT2D eigenvalue weighted by Crippen LogP contribution is -2.20. The van der Waals surface area contributed by atoms with Crippen molar-refractivity contribution in [2.24, 2.45) is 0 Å². The van der Waals surface area contributed by atoms with Crippen molar-refractivity contribution in [3.05, 3.63) is 11.1 Å². The van der Waals surface area contributed by atoms with Crippen molar-refractivity contribution in [1.82, 2.24) is 4.98 Å². The van der Waals surface area contributed by atoms with Gasteiger partial charge in [-0.05, 0) is 12.8 Å². The number of aromatic nitrogens is 1. The zero-order valence-corrected chi connectivity index (χ0v) is 13.0. The van der Waals surface area contributed by atoms with Crippen molar-refractivity contribution < 1.29 is 9.53 Å². The average Bonchev–Trinajstić information content (AvgIpc) is 2.86. The van der Waals surface area contributed by atoms with Gasteiger partial charge in [0.25, 0.3) is 0 Å². The van der Waals surface area contributed by atoms with Crippen LogP contribution in [0.25, 0.3) is 0 Å². The van der Waals surface area contributed by atoms with Crippen LogP contribution in [0.4, 0.5) is 5.13 Å². The summed E-state index contributed by atoms with van der Waals surface area (Å²) in [6.45, 7) is 0. The number of esters is 1. The van der Waals surface area contributed by atoms with Gasteiger partial charge in [0.15, 0.2) is 5.13 Å². The minimum absolute atomic E-state index is 0.174. The number of nitrogens with zero attached hydrogens (tertiary/aromatic N) is 1. The first-order valence-corrected chi connectivity index (χ1v) is 8.43. The molecule has 1 aromatic heterocycles. The number of thiazole rings is 1. The summed E-state index contributed by atoms with van der Waals surface area (Å²) in [7, 11) is 1.42. The Morgan fingerprint density at radius 1 is 1.35 bits per heavy atom. The highest BCUT2D eigenvalue weighted by molar-refractivity contribution is 7.13. The molecule has 0 spiro atoms. The maximum Gasteiger partial charge on any atom is 0.305 e. The third-order valence-corrected chi connectivity index (χ3v) is 4.62. The first kappa shape index (κ1) is 15.3. The standard InChI is InChI=1S/C15H24N2O2S/c1-19-14(18)10-9-13-11-20-15(17-13)16-12-7-5-3-2-4-6-8-12/h11-12H,2-10H2,1H3,(H,16,17). The Bertz CT molecular complexity index is 412. The largest absolute Gasteiger partial charge is 0.469 e. The van der Waals surface area contributed by atoms with Crippen molar-refractivity contribution in [1.29, 1.82) is 0 Å². The Hall–Kier alpha value is -1.10. The predicted octanol–water partition coefficient (Wildman–Crippen LogP) is 3.77. The topological polar surface area (TPSA) is 51.2 Å². The monoisotopic (exact) mass is 296 g/mol. The van der Waals surface area contributed by atoms with E-state index in [-0.39, 0.29) is 5.97 Å². The van der Waals surface area contributed by atoms with Gasteiger partial charge in [-0.1, -0.05) is 32.1 Å². The van der Waals surface area contributed by atoms with E-state index in [4.69, 9.17) is 0 Å². The third kappa shape index (κ3) is 5.12. The molecule has 0 saturated heterocycles. The number of aryl methyl sites for hydroxylation is 1. The molecule has 1 saturated carbocycles. The molecule has 2 rings (SSSR count). The zero-order valence-electron chi connectivity index (χ0n) is 12.2. The van der Waals surface area contributed by atoms with E-state index in [9.17, 15) is 4.79 Å². The van der Waals surface area contributed by atoms with Crippen molar-refractivity contribution in [3.63, 3.8) is 0 Å².